The molecule has 48 heavy (non-hydrogen) atoms. The molecule has 0 aromatic heterocycles. The van der Waals surface area contributed by atoms with Gasteiger partial charge in [-0.05, 0) is 43.4 Å². The molecule has 2 aromatic carbocycles. The Balaban J connectivity index is 0.00000103. The van der Waals surface area contributed by atoms with E-state index in [0.29, 0.717) is 24.9 Å². The van der Waals surface area contributed by atoms with E-state index in [9.17, 15) is 45.5 Å². The van der Waals surface area contributed by atoms with Gasteiger partial charge in [-0.2, -0.15) is 26.3 Å². The summed E-state index contributed by atoms with van der Waals surface area (Å²) in [5.74, 6) is -7.68. The number of nitrogen functional groups attached to an aromatic ring is 1. The quantitative estimate of drug-likeness (QED) is 0.0821. The van der Waals surface area contributed by atoms with Gasteiger partial charge in [-0.15, -0.1) is 0 Å². The first-order chi connectivity index (χ1) is 22.3. The summed E-state index contributed by atoms with van der Waals surface area (Å²) in [6.45, 7) is 1.95. The van der Waals surface area contributed by atoms with Crippen LogP contribution < -0.4 is 16.4 Å². The third-order valence-electron chi connectivity index (χ3n) is 7.05. The van der Waals surface area contributed by atoms with Crippen LogP contribution in [-0.4, -0.2) is 83.1 Å². The number of hydrogen-bond acceptors (Lipinski definition) is 8. The molecule has 1 aliphatic rings. The number of carbonyl (C=O) groups is 5. The summed E-state index contributed by atoms with van der Waals surface area (Å²) in [6, 6.07) is 14.6. The van der Waals surface area contributed by atoms with Crippen LogP contribution in [0.25, 0.3) is 0 Å². The lowest BCUT2D eigenvalue weighted by molar-refractivity contribution is -0.202. The highest BCUT2D eigenvalue weighted by Gasteiger charge is 2.43. The number of nitrogens with two attached hydrogens (primary N) is 1. The lowest BCUT2D eigenvalue weighted by Gasteiger charge is -2.39. The van der Waals surface area contributed by atoms with Gasteiger partial charge in [-0.3, -0.25) is 24.7 Å². The van der Waals surface area contributed by atoms with E-state index in [4.69, 9.17) is 21.0 Å². The van der Waals surface area contributed by atoms with Crippen molar-refractivity contribution in [2.75, 3.05) is 13.1 Å². The number of rotatable bonds is 10. The molecule has 1 fully saturated rings. The number of benzene rings is 2. The van der Waals surface area contributed by atoms with Gasteiger partial charge >= 0.3 is 30.3 Å². The summed E-state index contributed by atoms with van der Waals surface area (Å²) in [4.78, 5) is 59.4. The summed E-state index contributed by atoms with van der Waals surface area (Å²) < 4.78 is 72.9. The molecule has 1 saturated heterocycles. The van der Waals surface area contributed by atoms with Crippen LogP contribution in [-0.2, 0) is 35.3 Å². The summed E-state index contributed by atoms with van der Waals surface area (Å²) in [5, 5.41) is 20.0. The number of esters is 2. The van der Waals surface area contributed by atoms with Crippen molar-refractivity contribution in [2.24, 2.45) is 5.73 Å². The summed E-state index contributed by atoms with van der Waals surface area (Å²) in [7, 11) is 0. The van der Waals surface area contributed by atoms with E-state index in [1.54, 1.807) is 29.2 Å². The molecule has 2 amide bonds. The van der Waals surface area contributed by atoms with Crippen LogP contribution in [0.3, 0.4) is 0 Å². The molecule has 6 N–H and O–H groups in total. The number of likely N-dealkylation sites (tertiary alicyclic amines) is 1. The Morgan fingerprint density at radius 3 is 2.10 bits per heavy atom. The Kier molecular flexibility index (Phi) is 14.1. The molecule has 18 heteroatoms. The number of alkyl halides is 6. The van der Waals surface area contributed by atoms with Gasteiger partial charge in [0.2, 0.25) is 11.8 Å². The molecular weight excluding hydrogens is 656 g/mol. The van der Waals surface area contributed by atoms with Crippen LogP contribution in [0.5, 0.6) is 0 Å². The van der Waals surface area contributed by atoms with E-state index in [1.807, 2.05) is 30.3 Å². The van der Waals surface area contributed by atoms with Crippen LogP contribution in [0, 0.1) is 5.41 Å². The molecule has 1 heterocycles. The highest BCUT2D eigenvalue weighted by molar-refractivity contribution is 5.95. The van der Waals surface area contributed by atoms with Crippen molar-refractivity contribution in [3.8, 4) is 0 Å². The van der Waals surface area contributed by atoms with Gasteiger partial charge in [0.1, 0.15) is 11.9 Å². The molecular formula is C30H33F6N5O7. The zero-order valence-electron chi connectivity index (χ0n) is 25.4. The fourth-order valence-electron chi connectivity index (χ4n) is 4.55. The average Bonchev–Trinajstić information content (AvgIpc) is 3.02. The molecule has 0 radical (unpaired) electrons. The van der Waals surface area contributed by atoms with Gasteiger partial charge in [0.15, 0.2) is 0 Å². The lowest BCUT2D eigenvalue weighted by atomic mass is 9.84. The molecule has 0 bridgehead atoms. The van der Waals surface area contributed by atoms with Crippen LogP contribution in [0.1, 0.15) is 48.8 Å². The Morgan fingerprint density at radius 1 is 1.00 bits per heavy atom. The van der Waals surface area contributed by atoms with Crippen LogP contribution >= 0.6 is 0 Å². The number of amidine groups is 1. The fraction of sp³-hybridized carbons (Fsp3) is 0.400. The Labute approximate surface area is 270 Å². The van der Waals surface area contributed by atoms with Crippen molar-refractivity contribution in [3.05, 3.63) is 71.3 Å². The van der Waals surface area contributed by atoms with Gasteiger partial charge in [0.05, 0.1) is 12.5 Å². The van der Waals surface area contributed by atoms with E-state index in [2.05, 4.69) is 15.4 Å². The third-order valence-corrected chi connectivity index (χ3v) is 7.05. The number of halogens is 6. The van der Waals surface area contributed by atoms with Crippen LogP contribution in [0.4, 0.5) is 26.3 Å². The number of carboxylic acids is 1. The van der Waals surface area contributed by atoms with E-state index in [-0.39, 0.29) is 24.8 Å². The zero-order valence-corrected chi connectivity index (χ0v) is 25.4. The van der Waals surface area contributed by atoms with E-state index in [1.165, 1.54) is 6.92 Å². The molecule has 0 saturated carbocycles. The molecule has 0 spiro atoms. The van der Waals surface area contributed by atoms with E-state index >= 15 is 0 Å². The predicted octanol–water partition coefficient (Wildman–Crippen LogP) is 3.00. The SMILES string of the molecule is C[C@H](NC(=O)[C@H]1C[C@@H](c2ccccc2)CCN1CCC(=O)OC(=O)C(F)(F)F)C(=O)NCc1ccc(C(=N)N)cc1.O=C(O)C(F)(F)F. The fourth-order valence-corrected chi connectivity index (χ4v) is 4.55. The highest BCUT2D eigenvalue weighted by Crippen LogP contribution is 2.32. The number of hydrogen-bond donors (Lipinski definition) is 5. The van der Waals surface area contributed by atoms with Crippen molar-refractivity contribution in [1.29, 1.82) is 5.41 Å². The summed E-state index contributed by atoms with van der Waals surface area (Å²) >= 11 is 0. The number of carboxylic acid groups (broad SMARTS) is 1. The first kappa shape index (κ1) is 39.2. The number of nitrogens with zero attached hydrogens (tertiary/aromatic N) is 1. The number of aliphatic carboxylic acids is 1. The van der Waals surface area contributed by atoms with Crippen molar-refractivity contribution in [2.45, 2.75) is 63.1 Å². The first-order valence-electron chi connectivity index (χ1n) is 14.2. The number of ether oxygens (including phenoxy) is 1. The maximum Gasteiger partial charge on any atom is 0.491 e. The van der Waals surface area contributed by atoms with Crippen molar-refractivity contribution in [3.63, 3.8) is 0 Å². The third kappa shape index (κ3) is 12.7. The van der Waals surface area contributed by atoms with Crippen molar-refractivity contribution >= 4 is 35.6 Å². The topological polar surface area (TPSA) is 192 Å². The summed E-state index contributed by atoms with van der Waals surface area (Å²) in [5.41, 5.74) is 7.77. The molecule has 2 aromatic rings. The minimum atomic E-state index is -5.29. The first-order valence-corrected chi connectivity index (χ1v) is 14.2. The van der Waals surface area contributed by atoms with Crippen molar-refractivity contribution < 1.29 is 60.2 Å². The second-order valence-electron chi connectivity index (χ2n) is 10.6. The second kappa shape index (κ2) is 17.2. The van der Waals surface area contributed by atoms with Gasteiger partial charge in [-0.25, -0.2) is 9.59 Å². The minimum Gasteiger partial charge on any atom is -0.475 e. The summed E-state index contributed by atoms with van der Waals surface area (Å²) in [6.07, 6.45) is -9.92. The van der Waals surface area contributed by atoms with E-state index < -0.39 is 60.6 Å². The van der Waals surface area contributed by atoms with Gasteiger partial charge in [0, 0.05) is 18.7 Å². The lowest BCUT2D eigenvalue weighted by Crippen LogP contribution is -2.55. The molecule has 1 aliphatic heterocycles. The second-order valence-corrected chi connectivity index (χ2v) is 10.6. The normalized spacial score (nSPS) is 17.1. The van der Waals surface area contributed by atoms with Crippen LogP contribution in [0.15, 0.2) is 54.6 Å². The largest absolute Gasteiger partial charge is 0.491 e. The Bertz CT molecular complexity index is 1450. The molecule has 262 valence electrons. The number of carbonyl (C=O) groups excluding carboxylic acids is 4. The molecule has 3 atom stereocenters. The number of piperidine rings is 1. The number of nitrogens with one attached hydrogen (secondary N) is 3. The van der Waals surface area contributed by atoms with Gasteiger partial charge in [0.25, 0.3) is 0 Å². The van der Waals surface area contributed by atoms with E-state index in [0.717, 1.165) is 11.1 Å². The van der Waals surface area contributed by atoms with Gasteiger partial charge in [-0.1, -0.05) is 54.6 Å². The molecule has 12 nitrogen and oxygen atoms in total. The molecule has 0 aliphatic carbocycles. The van der Waals surface area contributed by atoms with Gasteiger partial charge < -0.3 is 26.2 Å². The molecule has 3 rings (SSSR count). The maximum absolute atomic E-state index is 13.3. The molecule has 0 unspecified atom stereocenters. The Morgan fingerprint density at radius 2 is 1.58 bits per heavy atom. The number of amides is 2. The predicted molar refractivity (Wildman–Crippen MR) is 156 cm³/mol. The highest BCUT2D eigenvalue weighted by atomic mass is 19.4. The zero-order chi connectivity index (χ0) is 36.2. The minimum absolute atomic E-state index is 0.00376. The average molecular weight is 690 g/mol. The standard InChI is InChI=1S/C28H32F3N5O5.C2HF3O2/c1-17(25(38)34-16-18-7-9-20(10-8-18)24(32)33)35-26(39)22-15-21(19-5-3-2-4-6-19)11-13-36(22)14-12-23(37)41-27(40)28(29,30)31;3-2(4,5)1(6)7/h2-10,17,21-22H,11-16H2,1H3,(H3,32,33)(H,34,38)(H,35,39);(H,6,7)/t17-,21-,22+;/m0./s1. The smallest absolute Gasteiger partial charge is 0.475 e. The Hall–Kier alpha value is -5.00. The maximum atomic E-state index is 13.3. The van der Waals surface area contributed by atoms with Crippen LogP contribution in [0.2, 0.25) is 0 Å². The van der Waals surface area contributed by atoms with Crippen molar-refractivity contribution in [1.82, 2.24) is 15.5 Å². The monoisotopic (exact) mass is 689 g/mol.